The fourth-order valence-electron chi connectivity index (χ4n) is 3.92. The number of benzene rings is 2. The summed E-state index contributed by atoms with van der Waals surface area (Å²) in [5, 5.41) is 3.69. The Morgan fingerprint density at radius 3 is 2.69 bits per heavy atom. The molecule has 1 amide bonds. The molecule has 2 aliphatic heterocycles. The fourth-order valence-corrected chi connectivity index (χ4v) is 4.23. The number of fused-ring (bicyclic) bond motifs is 1. The molecule has 1 saturated heterocycles. The molecule has 2 aliphatic rings. The summed E-state index contributed by atoms with van der Waals surface area (Å²) in [7, 11) is 0. The van der Waals surface area contributed by atoms with Crippen LogP contribution in [-0.4, -0.2) is 55.0 Å². The quantitative estimate of drug-likeness (QED) is 0.654. The van der Waals surface area contributed by atoms with E-state index in [1.54, 1.807) is 12.1 Å². The van der Waals surface area contributed by atoms with Gasteiger partial charge in [0.05, 0.1) is 11.6 Å². The molecule has 6 nitrogen and oxygen atoms in total. The van der Waals surface area contributed by atoms with Crippen molar-refractivity contribution in [2.24, 2.45) is 0 Å². The number of hydrogen-bond donors (Lipinski definition) is 1. The third-order valence-corrected chi connectivity index (χ3v) is 6.16. The summed E-state index contributed by atoms with van der Waals surface area (Å²) in [6, 6.07) is 9.47. The molecule has 0 bridgehead atoms. The smallest absolute Gasteiger partial charge is 0.261 e. The topological polar surface area (TPSA) is 67.9 Å². The van der Waals surface area contributed by atoms with Crippen molar-refractivity contribution in [1.82, 2.24) is 10.2 Å². The lowest BCUT2D eigenvalue weighted by atomic mass is 10.0. The Hall–Kier alpha value is -2.35. The molecule has 2 aromatic rings. The van der Waals surface area contributed by atoms with E-state index in [0.717, 1.165) is 24.5 Å². The van der Waals surface area contributed by atoms with Gasteiger partial charge in [-0.2, -0.15) is 0 Å². The van der Waals surface area contributed by atoms with Gasteiger partial charge in [0, 0.05) is 36.6 Å². The highest BCUT2D eigenvalue weighted by Gasteiger charge is 2.31. The number of Topliss-reactive ketones (excluding diaryl/α,β-unsaturated/α-hetero) is 1. The van der Waals surface area contributed by atoms with Crippen LogP contribution in [0.5, 0.6) is 11.5 Å². The van der Waals surface area contributed by atoms with Gasteiger partial charge >= 0.3 is 0 Å². The number of rotatable bonds is 7. The first-order valence-electron chi connectivity index (χ1n) is 10.4. The minimum Gasteiger partial charge on any atom is -0.486 e. The predicted molar refractivity (Wildman–Crippen MR) is 119 cm³/mol. The molecule has 0 aromatic heterocycles. The number of halogens is 3. The van der Waals surface area contributed by atoms with Crippen molar-refractivity contribution in [2.45, 2.75) is 31.4 Å². The van der Waals surface area contributed by atoms with E-state index in [4.69, 9.17) is 32.7 Å². The van der Waals surface area contributed by atoms with Crippen LogP contribution >= 0.6 is 23.2 Å². The molecule has 0 aliphatic carbocycles. The first-order valence-corrected chi connectivity index (χ1v) is 11.2. The summed E-state index contributed by atoms with van der Waals surface area (Å²) in [5.41, 5.74) is 0.939. The number of nitrogens with zero attached hydrogens (tertiary/aromatic N) is 1. The molecule has 0 saturated carbocycles. The van der Waals surface area contributed by atoms with Crippen molar-refractivity contribution in [3.8, 4) is 11.5 Å². The van der Waals surface area contributed by atoms with Crippen LogP contribution in [0.3, 0.4) is 0 Å². The largest absolute Gasteiger partial charge is 0.486 e. The molecule has 1 N–H and O–H groups in total. The van der Waals surface area contributed by atoms with Gasteiger partial charge < -0.3 is 14.8 Å². The van der Waals surface area contributed by atoms with Crippen molar-refractivity contribution in [1.29, 1.82) is 0 Å². The number of carbonyl (C=O) groups excluding carboxylic acids is 2. The molecule has 0 radical (unpaired) electrons. The Morgan fingerprint density at radius 2 is 1.94 bits per heavy atom. The second kappa shape index (κ2) is 10.1. The number of hydrogen-bond acceptors (Lipinski definition) is 5. The highest BCUT2D eigenvalue weighted by molar-refractivity contribution is 6.31. The average molecular weight is 481 g/mol. The number of likely N-dealkylation sites (tertiary alicyclic amines) is 1. The van der Waals surface area contributed by atoms with Crippen molar-refractivity contribution in [3.05, 3.63) is 57.8 Å². The Labute approximate surface area is 195 Å². The fraction of sp³-hybridized carbons (Fsp3) is 0.391. The van der Waals surface area contributed by atoms with E-state index >= 15 is 0 Å². The zero-order valence-corrected chi connectivity index (χ0v) is 18.8. The highest BCUT2D eigenvalue weighted by atomic mass is 35.5. The summed E-state index contributed by atoms with van der Waals surface area (Å²) in [4.78, 5) is 26.9. The molecule has 4 rings (SSSR count). The summed E-state index contributed by atoms with van der Waals surface area (Å²) in [6.45, 7) is 1.49. The molecular weight excluding hydrogens is 458 g/mol. The van der Waals surface area contributed by atoms with Crippen LogP contribution in [0.2, 0.25) is 10.0 Å². The molecule has 1 fully saturated rings. The van der Waals surface area contributed by atoms with E-state index in [1.807, 2.05) is 11.0 Å². The van der Waals surface area contributed by atoms with Gasteiger partial charge in [-0.05, 0) is 48.7 Å². The molecule has 2 heterocycles. The van der Waals surface area contributed by atoms with E-state index in [0.29, 0.717) is 30.3 Å². The summed E-state index contributed by atoms with van der Waals surface area (Å²) in [6.07, 6.45) is 1.45. The van der Waals surface area contributed by atoms with Crippen LogP contribution in [-0.2, 0) is 16.0 Å². The molecule has 9 heteroatoms. The molecule has 1 atom stereocenters. The number of piperidine rings is 1. The summed E-state index contributed by atoms with van der Waals surface area (Å²) < 4.78 is 24.5. The van der Waals surface area contributed by atoms with Crippen LogP contribution in [0.1, 0.15) is 18.4 Å². The number of ketones is 1. The summed E-state index contributed by atoms with van der Waals surface area (Å²) >= 11 is 11.6. The number of nitrogens with one attached hydrogen (secondary N) is 1. The van der Waals surface area contributed by atoms with E-state index in [1.165, 1.54) is 12.1 Å². The number of carbonyl (C=O) groups is 2. The molecule has 32 heavy (non-hydrogen) atoms. The first kappa shape index (κ1) is 22.8. The van der Waals surface area contributed by atoms with Crippen LogP contribution < -0.4 is 14.8 Å². The maximum Gasteiger partial charge on any atom is 0.261 e. The lowest BCUT2D eigenvalue weighted by molar-refractivity contribution is -0.128. The summed E-state index contributed by atoms with van der Waals surface area (Å²) in [5.74, 6) is 0.150. The zero-order chi connectivity index (χ0) is 22.7. The van der Waals surface area contributed by atoms with Gasteiger partial charge in [0.25, 0.3) is 5.91 Å². The van der Waals surface area contributed by atoms with Crippen LogP contribution in [0, 0.1) is 5.82 Å². The van der Waals surface area contributed by atoms with E-state index < -0.39 is 11.9 Å². The first-order chi connectivity index (χ1) is 15.4. The molecular formula is C23H23Cl2FN2O4. The molecule has 1 unspecified atom stereocenters. The lowest BCUT2D eigenvalue weighted by Crippen LogP contribution is -2.49. The van der Waals surface area contributed by atoms with Gasteiger partial charge in [-0.15, -0.1) is 0 Å². The van der Waals surface area contributed by atoms with E-state index in [2.05, 4.69) is 5.32 Å². The lowest BCUT2D eigenvalue weighted by Gasteiger charge is -2.32. The Kier molecular flexibility index (Phi) is 7.18. The monoisotopic (exact) mass is 480 g/mol. The normalized spacial score (nSPS) is 18.7. The Morgan fingerprint density at radius 1 is 1.16 bits per heavy atom. The van der Waals surface area contributed by atoms with Gasteiger partial charge in [-0.1, -0.05) is 23.2 Å². The Bertz CT molecular complexity index is 1010. The van der Waals surface area contributed by atoms with Gasteiger partial charge in [-0.25, -0.2) is 4.39 Å². The molecule has 2 aromatic carbocycles. The highest BCUT2D eigenvalue weighted by Crippen LogP contribution is 2.31. The van der Waals surface area contributed by atoms with E-state index in [9.17, 15) is 14.0 Å². The predicted octanol–water partition coefficient (Wildman–Crippen LogP) is 3.66. The van der Waals surface area contributed by atoms with Gasteiger partial charge in [0.1, 0.15) is 23.9 Å². The van der Waals surface area contributed by atoms with Crippen molar-refractivity contribution < 1.29 is 23.5 Å². The second-order valence-electron chi connectivity index (χ2n) is 8.02. The third kappa shape index (κ3) is 5.71. The van der Waals surface area contributed by atoms with Crippen LogP contribution in [0.15, 0.2) is 36.4 Å². The van der Waals surface area contributed by atoms with Crippen molar-refractivity contribution in [2.75, 3.05) is 26.2 Å². The second-order valence-corrected chi connectivity index (χ2v) is 8.87. The van der Waals surface area contributed by atoms with Crippen LogP contribution in [0.4, 0.5) is 4.39 Å². The maximum atomic E-state index is 13.4. The van der Waals surface area contributed by atoms with Crippen molar-refractivity contribution >= 4 is 34.9 Å². The Balaban J connectivity index is 1.17. The maximum absolute atomic E-state index is 13.4. The zero-order valence-electron chi connectivity index (χ0n) is 17.3. The minimum atomic E-state index is -0.587. The van der Waals surface area contributed by atoms with Gasteiger partial charge in [0.2, 0.25) is 0 Å². The van der Waals surface area contributed by atoms with Gasteiger partial charge in [0.15, 0.2) is 11.9 Å². The number of ether oxygens (including phenoxy) is 2. The number of amides is 1. The molecule has 0 spiro atoms. The molecule has 170 valence electrons. The van der Waals surface area contributed by atoms with Crippen LogP contribution in [0.25, 0.3) is 0 Å². The third-order valence-electron chi connectivity index (χ3n) is 5.61. The van der Waals surface area contributed by atoms with E-state index in [-0.39, 0.29) is 41.7 Å². The minimum absolute atomic E-state index is 0.00654. The average Bonchev–Trinajstić information content (AvgIpc) is 3.19. The SMILES string of the molecule is O=C(COc1ccc(Cl)c(F)c1)CN1CCC(NC(=O)C2Cc3cc(Cl)ccc3O2)CC1. The van der Waals surface area contributed by atoms with Crippen molar-refractivity contribution in [3.63, 3.8) is 0 Å². The standard InChI is InChI=1S/C23H23Cl2FN2O4/c24-15-1-4-21-14(9-15)10-22(32-21)23(30)27-16-5-7-28(8-6-16)12-17(29)13-31-18-2-3-19(25)20(26)11-18/h1-4,9,11,16,22H,5-8,10,12-13H2,(H,27,30). The van der Waals surface area contributed by atoms with Gasteiger partial charge in [-0.3, -0.25) is 14.5 Å².